The minimum Gasteiger partial charge on any atom is -0.505 e. The lowest BCUT2D eigenvalue weighted by molar-refractivity contribution is 0.386. The van der Waals surface area contributed by atoms with E-state index in [1.165, 1.54) is 28.6 Å². The Balaban J connectivity index is 1.79. The Morgan fingerprint density at radius 3 is 2.73 bits per heavy atom. The molecule has 0 radical (unpaired) electrons. The maximum Gasteiger partial charge on any atom is 0.247 e. The molecule has 0 unspecified atom stereocenters. The van der Waals surface area contributed by atoms with Crippen LogP contribution in [-0.4, -0.2) is 29.4 Å². The zero-order valence-electron chi connectivity index (χ0n) is 13.3. The highest BCUT2D eigenvalue weighted by Gasteiger charge is 2.33. The first-order valence-electron chi connectivity index (χ1n) is 7.74. The van der Waals surface area contributed by atoms with Gasteiger partial charge in [0, 0.05) is 41.1 Å². The van der Waals surface area contributed by atoms with Crippen LogP contribution in [0.5, 0.6) is 5.75 Å². The molecule has 0 saturated carbocycles. The topological polar surface area (TPSA) is 73.4 Å². The lowest BCUT2D eigenvalue weighted by Gasteiger charge is -2.27. The summed E-state index contributed by atoms with van der Waals surface area (Å²) in [5, 5.41) is 10.7. The number of halogens is 3. The first kappa shape index (κ1) is 17.6. The van der Waals surface area contributed by atoms with Crippen LogP contribution in [0.25, 0.3) is 10.9 Å². The van der Waals surface area contributed by atoms with Crippen molar-refractivity contribution in [3.05, 3.63) is 57.5 Å². The molecular formula is C17H13Cl2FN2O3S. The van der Waals surface area contributed by atoms with Gasteiger partial charge in [-0.3, -0.25) is 0 Å². The van der Waals surface area contributed by atoms with Crippen LogP contribution in [0.4, 0.5) is 4.39 Å². The fourth-order valence-electron chi connectivity index (χ4n) is 3.24. The van der Waals surface area contributed by atoms with Crippen molar-refractivity contribution in [1.29, 1.82) is 0 Å². The van der Waals surface area contributed by atoms with E-state index in [1.54, 1.807) is 6.07 Å². The highest BCUT2D eigenvalue weighted by atomic mass is 35.5. The summed E-state index contributed by atoms with van der Waals surface area (Å²) in [4.78, 5) is 2.86. The molecule has 2 heterocycles. The number of rotatable bonds is 2. The van der Waals surface area contributed by atoms with Gasteiger partial charge in [-0.2, -0.15) is 4.31 Å². The normalized spacial score (nSPS) is 15.3. The Bertz CT molecular complexity index is 1140. The Hall–Kier alpha value is -1.80. The summed E-state index contributed by atoms with van der Waals surface area (Å²) in [5.74, 6) is -0.926. The number of sulfonamides is 1. The molecule has 0 saturated heterocycles. The van der Waals surface area contributed by atoms with Gasteiger partial charge >= 0.3 is 0 Å². The first-order chi connectivity index (χ1) is 12.3. The van der Waals surface area contributed by atoms with Crippen LogP contribution in [0, 0.1) is 5.82 Å². The van der Waals surface area contributed by atoms with E-state index in [2.05, 4.69) is 4.98 Å². The van der Waals surface area contributed by atoms with Gasteiger partial charge in [0.25, 0.3) is 0 Å². The van der Waals surface area contributed by atoms with E-state index in [9.17, 15) is 17.9 Å². The Labute approximate surface area is 159 Å². The van der Waals surface area contributed by atoms with Crippen molar-refractivity contribution in [2.45, 2.75) is 17.9 Å². The van der Waals surface area contributed by atoms with E-state index in [0.717, 1.165) is 16.8 Å². The quantitative estimate of drug-likeness (QED) is 0.663. The number of benzene rings is 2. The lowest BCUT2D eigenvalue weighted by atomic mass is 10.1. The van der Waals surface area contributed by atoms with Gasteiger partial charge in [0.2, 0.25) is 10.0 Å². The molecule has 0 spiro atoms. The molecule has 1 aliphatic heterocycles. The summed E-state index contributed by atoms with van der Waals surface area (Å²) in [6.45, 7) is 0.277. The van der Waals surface area contributed by atoms with Crippen molar-refractivity contribution < 1.29 is 17.9 Å². The molecule has 5 nitrogen and oxygen atoms in total. The van der Waals surface area contributed by atoms with Crippen LogP contribution in [0.3, 0.4) is 0 Å². The van der Waals surface area contributed by atoms with Gasteiger partial charge in [-0.05, 0) is 35.9 Å². The summed E-state index contributed by atoms with van der Waals surface area (Å²) >= 11 is 11.8. The molecular weight excluding hydrogens is 402 g/mol. The number of nitrogens with one attached hydrogen (secondary N) is 1. The zero-order valence-corrected chi connectivity index (χ0v) is 15.6. The summed E-state index contributed by atoms with van der Waals surface area (Å²) < 4.78 is 40.9. The zero-order chi connectivity index (χ0) is 18.6. The number of hydrogen-bond acceptors (Lipinski definition) is 3. The van der Waals surface area contributed by atoms with Crippen molar-refractivity contribution in [1.82, 2.24) is 9.29 Å². The molecule has 9 heteroatoms. The fourth-order valence-corrected chi connectivity index (χ4v) is 5.40. The summed E-state index contributed by atoms with van der Waals surface area (Å²) in [5.41, 5.74) is 2.36. The third-order valence-electron chi connectivity index (χ3n) is 4.51. The van der Waals surface area contributed by atoms with E-state index in [0.29, 0.717) is 11.8 Å². The van der Waals surface area contributed by atoms with E-state index in [-0.39, 0.29) is 28.0 Å². The molecule has 2 N–H and O–H groups in total. The van der Waals surface area contributed by atoms with Crippen LogP contribution in [0.1, 0.15) is 11.3 Å². The molecule has 136 valence electrons. The van der Waals surface area contributed by atoms with Gasteiger partial charge in [-0.25, -0.2) is 12.8 Å². The molecule has 0 bridgehead atoms. The third kappa shape index (κ3) is 2.75. The summed E-state index contributed by atoms with van der Waals surface area (Å²) in [6, 6.07) is 6.81. The summed E-state index contributed by atoms with van der Waals surface area (Å²) in [7, 11) is -4.03. The predicted octanol–water partition coefficient (Wildman–Crippen LogP) is 4.07. The molecule has 0 fully saturated rings. The minimum absolute atomic E-state index is 0.0602. The molecule has 3 aromatic rings. The average Bonchev–Trinajstić information content (AvgIpc) is 2.95. The van der Waals surface area contributed by atoms with Crippen LogP contribution < -0.4 is 0 Å². The van der Waals surface area contributed by atoms with Crippen LogP contribution in [-0.2, 0) is 23.0 Å². The fraction of sp³-hybridized carbons (Fsp3) is 0.176. The van der Waals surface area contributed by atoms with E-state index in [4.69, 9.17) is 23.2 Å². The van der Waals surface area contributed by atoms with Gasteiger partial charge in [-0.1, -0.05) is 23.2 Å². The summed E-state index contributed by atoms with van der Waals surface area (Å²) in [6.07, 6.45) is 0.444. The van der Waals surface area contributed by atoms with Gasteiger partial charge in [0.1, 0.15) is 10.7 Å². The van der Waals surface area contributed by atoms with E-state index in [1.807, 2.05) is 0 Å². The Kier molecular flexibility index (Phi) is 4.15. The van der Waals surface area contributed by atoms with Gasteiger partial charge < -0.3 is 10.1 Å². The SMILES string of the molecule is O=S(=O)(c1cc(Cl)cc(Cl)c1O)N1CCc2[nH]c3ccc(F)cc3c2C1. The van der Waals surface area contributed by atoms with Crippen molar-refractivity contribution in [3.8, 4) is 5.75 Å². The second-order valence-electron chi connectivity index (χ2n) is 6.09. The number of H-pyrrole nitrogens is 1. The highest BCUT2D eigenvalue weighted by Crippen LogP contribution is 2.38. The number of hydrogen-bond donors (Lipinski definition) is 2. The molecule has 1 aromatic heterocycles. The van der Waals surface area contributed by atoms with Crippen LogP contribution in [0.15, 0.2) is 35.2 Å². The van der Waals surface area contributed by atoms with Crippen molar-refractivity contribution in [2.24, 2.45) is 0 Å². The van der Waals surface area contributed by atoms with Gasteiger partial charge in [-0.15, -0.1) is 0 Å². The maximum absolute atomic E-state index is 13.6. The predicted molar refractivity (Wildman–Crippen MR) is 97.7 cm³/mol. The van der Waals surface area contributed by atoms with E-state index >= 15 is 0 Å². The monoisotopic (exact) mass is 414 g/mol. The van der Waals surface area contributed by atoms with Crippen molar-refractivity contribution >= 4 is 44.1 Å². The number of fused-ring (bicyclic) bond motifs is 3. The van der Waals surface area contributed by atoms with Crippen molar-refractivity contribution in [2.75, 3.05) is 6.54 Å². The highest BCUT2D eigenvalue weighted by molar-refractivity contribution is 7.89. The van der Waals surface area contributed by atoms with Gasteiger partial charge in [0.05, 0.1) is 5.02 Å². The maximum atomic E-state index is 13.6. The Morgan fingerprint density at radius 2 is 1.96 bits per heavy atom. The number of phenolic OH excluding ortho intramolecular Hbond substituents is 1. The molecule has 26 heavy (non-hydrogen) atoms. The third-order valence-corrected chi connectivity index (χ3v) is 6.88. The first-order valence-corrected chi connectivity index (χ1v) is 9.94. The molecule has 4 rings (SSSR count). The standard InChI is InChI=1S/C17H13Cl2FN2O3S/c18-9-5-13(19)17(23)16(6-9)26(24,25)22-4-3-15-12(8-22)11-7-10(20)1-2-14(11)21-15/h1-2,5-7,21,23H,3-4,8H2. The minimum atomic E-state index is -4.03. The molecule has 0 aliphatic carbocycles. The average molecular weight is 415 g/mol. The van der Waals surface area contributed by atoms with Crippen LogP contribution >= 0.6 is 23.2 Å². The molecule has 0 atom stereocenters. The molecule has 0 amide bonds. The number of aromatic hydroxyl groups is 1. The largest absolute Gasteiger partial charge is 0.505 e. The smallest absolute Gasteiger partial charge is 0.247 e. The van der Waals surface area contributed by atoms with E-state index < -0.39 is 21.6 Å². The molecule has 1 aliphatic rings. The number of phenols is 1. The molecule has 2 aromatic carbocycles. The second-order valence-corrected chi connectivity index (χ2v) is 8.84. The number of aromatic amines is 1. The van der Waals surface area contributed by atoms with Crippen molar-refractivity contribution in [3.63, 3.8) is 0 Å². The van der Waals surface area contributed by atoms with Gasteiger partial charge in [0.15, 0.2) is 5.75 Å². The Morgan fingerprint density at radius 1 is 1.19 bits per heavy atom. The number of nitrogens with zero attached hydrogens (tertiary/aromatic N) is 1. The lowest BCUT2D eigenvalue weighted by Crippen LogP contribution is -2.35. The number of aromatic nitrogens is 1. The van der Waals surface area contributed by atoms with Crippen LogP contribution in [0.2, 0.25) is 10.0 Å². The second kappa shape index (κ2) is 6.13.